The van der Waals surface area contributed by atoms with Crippen LogP contribution in [0.3, 0.4) is 0 Å². The number of benzene rings is 2. The van der Waals surface area contributed by atoms with E-state index >= 15 is 0 Å². The fourth-order valence-electron chi connectivity index (χ4n) is 2.48. The highest BCUT2D eigenvalue weighted by atomic mass is 35.5. The maximum atomic E-state index is 12.6. The van der Waals surface area contributed by atoms with Crippen LogP contribution in [0.4, 0.5) is 0 Å². The lowest BCUT2D eigenvalue weighted by Gasteiger charge is -2.05. The van der Waals surface area contributed by atoms with Gasteiger partial charge in [-0.1, -0.05) is 53.7 Å². The molecular weight excluding hydrogens is 340 g/mol. The maximum Gasteiger partial charge on any atom is 0.251 e. The van der Waals surface area contributed by atoms with E-state index in [1.807, 2.05) is 68.4 Å². The van der Waals surface area contributed by atoms with E-state index in [0.717, 1.165) is 26.7 Å². The van der Waals surface area contributed by atoms with Crippen molar-refractivity contribution in [3.8, 4) is 0 Å². The van der Waals surface area contributed by atoms with Gasteiger partial charge in [0.1, 0.15) is 0 Å². The van der Waals surface area contributed by atoms with Gasteiger partial charge in [-0.15, -0.1) is 0 Å². The number of rotatable bonds is 4. The molecule has 0 fully saturated rings. The molecule has 0 radical (unpaired) electrons. The summed E-state index contributed by atoms with van der Waals surface area (Å²) in [6.07, 6.45) is 0.341. The SMILES string of the molecule is Cc1nn(C(=O)Cc2ccccc2)c(C)c1Sc1ccc(Cl)cc1. The fourth-order valence-corrected chi connectivity index (χ4v) is 3.54. The number of carbonyl (C=O) groups is 1. The number of aromatic nitrogens is 2. The number of nitrogens with zero attached hydrogens (tertiary/aromatic N) is 2. The minimum absolute atomic E-state index is 0.0234. The molecule has 1 heterocycles. The Balaban J connectivity index is 1.83. The summed E-state index contributed by atoms with van der Waals surface area (Å²) < 4.78 is 1.51. The lowest BCUT2D eigenvalue weighted by atomic mass is 10.1. The minimum Gasteiger partial charge on any atom is -0.272 e. The molecule has 0 bridgehead atoms. The van der Waals surface area contributed by atoms with E-state index in [0.29, 0.717) is 11.4 Å². The molecule has 5 heteroatoms. The second-order valence-electron chi connectivity index (χ2n) is 5.52. The van der Waals surface area contributed by atoms with Gasteiger partial charge in [-0.05, 0) is 43.7 Å². The summed E-state index contributed by atoms with van der Waals surface area (Å²) in [5.74, 6) is -0.0234. The van der Waals surface area contributed by atoms with Crippen LogP contribution in [0.15, 0.2) is 64.4 Å². The van der Waals surface area contributed by atoms with Crippen LogP contribution in [0.1, 0.15) is 21.7 Å². The van der Waals surface area contributed by atoms with Crippen molar-refractivity contribution in [3.63, 3.8) is 0 Å². The lowest BCUT2D eigenvalue weighted by Crippen LogP contribution is -2.16. The highest BCUT2D eigenvalue weighted by Gasteiger charge is 2.17. The standard InChI is InChI=1S/C19H17ClN2OS/c1-13-19(24-17-10-8-16(20)9-11-17)14(2)22(21-13)18(23)12-15-6-4-3-5-7-15/h3-11H,12H2,1-2H3. The molecule has 3 aromatic rings. The molecular formula is C19H17ClN2OS. The maximum absolute atomic E-state index is 12.6. The van der Waals surface area contributed by atoms with Crippen molar-refractivity contribution in [2.75, 3.05) is 0 Å². The van der Waals surface area contributed by atoms with Crippen LogP contribution in [-0.4, -0.2) is 15.7 Å². The van der Waals surface area contributed by atoms with E-state index in [1.54, 1.807) is 11.8 Å². The molecule has 0 aliphatic rings. The van der Waals surface area contributed by atoms with E-state index in [2.05, 4.69) is 5.10 Å². The Labute approximate surface area is 150 Å². The van der Waals surface area contributed by atoms with Crippen molar-refractivity contribution >= 4 is 29.3 Å². The van der Waals surface area contributed by atoms with Gasteiger partial charge >= 0.3 is 0 Å². The molecule has 0 N–H and O–H groups in total. The van der Waals surface area contributed by atoms with Gasteiger partial charge in [0, 0.05) is 9.92 Å². The molecule has 0 amide bonds. The number of hydrogen-bond donors (Lipinski definition) is 0. The quantitative estimate of drug-likeness (QED) is 0.645. The van der Waals surface area contributed by atoms with Gasteiger partial charge in [-0.3, -0.25) is 4.79 Å². The number of aryl methyl sites for hydroxylation is 1. The first-order valence-electron chi connectivity index (χ1n) is 7.61. The van der Waals surface area contributed by atoms with Crippen LogP contribution in [-0.2, 0) is 6.42 Å². The highest BCUT2D eigenvalue weighted by molar-refractivity contribution is 7.99. The summed E-state index contributed by atoms with van der Waals surface area (Å²) in [6.45, 7) is 3.86. The molecule has 0 atom stereocenters. The molecule has 0 aliphatic heterocycles. The molecule has 1 aromatic heterocycles. The molecule has 24 heavy (non-hydrogen) atoms. The molecule has 0 unspecified atom stereocenters. The van der Waals surface area contributed by atoms with Gasteiger partial charge in [0.05, 0.1) is 22.7 Å². The van der Waals surface area contributed by atoms with Crippen LogP contribution >= 0.6 is 23.4 Å². The number of carbonyl (C=O) groups excluding carboxylic acids is 1. The summed E-state index contributed by atoms with van der Waals surface area (Å²) >= 11 is 7.53. The van der Waals surface area contributed by atoms with E-state index in [1.165, 1.54) is 4.68 Å². The zero-order valence-corrected chi connectivity index (χ0v) is 15.1. The molecule has 122 valence electrons. The van der Waals surface area contributed by atoms with E-state index in [-0.39, 0.29) is 5.91 Å². The molecule has 0 aliphatic carbocycles. The minimum atomic E-state index is -0.0234. The Hall–Kier alpha value is -2.04. The number of hydrogen-bond acceptors (Lipinski definition) is 3. The molecule has 0 saturated heterocycles. The fraction of sp³-hybridized carbons (Fsp3) is 0.158. The van der Waals surface area contributed by atoms with Crippen molar-refractivity contribution in [1.82, 2.24) is 9.78 Å². The second-order valence-corrected chi connectivity index (χ2v) is 7.04. The van der Waals surface area contributed by atoms with E-state index in [4.69, 9.17) is 11.6 Å². The van der Waals surface area contributed by atoms with Gasteiger partial charge in [-0.25, -0.2) is 4.68 Å². The van der Waals surface area contributed by atoms with Gasteiger partial charge in [0.15, 0.2) is 0 Å². The molecule has 3 nitrogen and oxygen atoms in total. The zero-order valence-electron chi connectivity index (χ0n) is 13.5. The third-order valence-electron chi connectivity index (χ3n) is 3.69. The van der Waals surface area contributed by atoms with Crippen LogP contribution in [0, 0.1) is 13.8 Å². The molecule has 2 aromatic carbocycles. The van der Waals surface area contributed by atoms with Crippen LogP contribution in [0.5, 0.6) is 0 Å². The van der Waals surface area contributed by atoms with Crippen LogP contribution in [0.2, 0.25) is 5.02 Å². The van der Waals surface area contributed by atoms with E-state index in [9.17, 15) is 4.79 Å². The number of halogens is 1. The van der Waals surface area contributed by atoms with Crippen molar-refractivity contribution in [2.24, 2.45) is 0 Å². The normalized spacial score (nSPS) is 10.8. The first-order valence-corrected chi connectivity index (χ1v) is 8.81. The van der Waals surface area contributed by atoms with Crippen LogP contribution in [0.25, 0.3) is 0 Å². The average molecular weight is 357 g/mol. The summed E-state index contributed by atoms with van der Waals surface area (Å²) in [5, 5.41) is 5.15. The van der Waals surface area contributed by atoms with Gasteiger partial charge in [-0.2, -0.15) is 5.10 Å². The van der Waals surface area contributed by atoms with Crippen molar-refractivity contribution < 1.29 is 4.79 Å². The summed E-state index contributed by atoms with van der Waals surface area (Å²) in [6, 6.07) is 17.4. The van der Waals surface area contributed by atoms with Crippen LogP contribution < -0.4 is 0 Å². The second kappa shape index (κ2) is 7.24. The predicted molar refractivity (Wildman–Crippen MR) is 98.0 cm³/mol. The average Bonchev–Trinajstić information content (AvgIpc) is 2.86. The Morgan fingerprint density at radius 2 is 1.75 bits per heavy atom. The topological polar surface area (TPSA) is 34.9 Å². The van der Waals surface area contributed by atoms with Crippen molar-refractivity contribution in [1.29, 1.82) is 0 Å². The van der Waals surface area contributed by atoms with Gasteiger partial charge < -0.3 is 0 Å². The highest BCUT2D eigenvalue weighted by Crippen LogP contribution is 2.33. The molecule has 0 saturated carbocycles. The summed E-state index contributed by atoms with van der Waals surface area (Å²) in [4.78, 5) is 14.7. The monoisotopic (exact) mass is 356 g/mol. The first kappa shape index (κ1) is 16.8. The Bertz CT molecular complexity index is 857. The lowest BCUT2D eigenvalue weighted by molar-refractivity contribution is 0.0895. The van der Waals surface area contributed by atoms with Gasteiger partial charge in [0.2, 0.25) is 0 Å². The van der Waals surface area contributed by atoms with Crippen molar-refractivity contribution in [3.05, 3.63) is 76.6 Å². The Morgan fingerprint density at radius 3 is 2.42 bits per heavy atom. The molecule has 3 rings (SSSR count). The zero-order chi connectivity index (χ0) is 17.1. The largest absolute Gasteiger partial charge is 0.272 e. The van der Waals surface area contributed by atoms with Gasteiger partial charge in [0.25, 0.3) is 5.91 Å². The third kappa shape index (κ3) is 3.71. The Morgan fingerprint density at radius 1 is 1.08 bits per heavy atom. The molecule has 0 spiro atoms. The van der Waals surface area contributed by atoms with Crippen molar-refractivity contribution in [2.45, 2.75) is 30.1 Å². The summed E-state index contributed by atoms with van der Waals surface area (Å²) in [7, 11) is 0. The first-order chi connectivity index (χ1) is 11.5. The predicted octanol–water partition coefficient (Wildman–Crippen LogP) is 5.19. The third-order valence-corrected chi connectivity index (χ3v) is 5.25. The smallest absolute Gasteiger partial charge is 0.251 e. The van der Waals surface area contributed by atoms with E-state index < -0.39 is 0 Å². The summed E-state index contributed by atoms with van der Waals surface area (Å²) in [5.41, 5.74) is 2.71. The Kier molecular flexibility index (Phi) is 5.07.